The SMILES string of the molecule is COC(=O)c1c(NC(=S)NC(C)c2ccc(C)cc2C)sc(C)c1-c1ccccc1. The maximum atomic E-state index is 12.6. The monoisotopic (exact) mass is 438 g/mol. The molecule has 1 atom stereocenters. The molecule has 0 amide bonds. The maximum absolute atomic E-state index is 12.6. The van der Waals surface area contributed by atoms with Gasteiger partial charge < -0.3 is 15.4 Å². The second-order valence-corrected chi connectivity index (χ2v) is 8.91. The normalized spacial score (nSPS) is 11.6. The number of aryl methyl sites for hydroxylation is 3. The lowest BCUT2D eigenvalue weighted by Gasteiger charge is -2.19. The molecule has 30 heavy (non-hydrogen) atoms. The number of hydrogen-bond donors (Lipinski definition) is 2. The second kappa shape index (κ2) is 9.41. The fourth-order valence-electron chi connectivity index (χ4n) is 3.61. The van der Waals surface area contributed by atoms with Gasteiger partial charge >= 0.3 is 5.97 Å². The molecule has 1 heterocycles. The van der Waals surface area contributed by atoms with E-state index in [4.69, 9.17) is 17.0 Å². The summed E-state index contributed by atoms with van der Waals surface area (Å²) in [6, 6.07) is 16.3. The van der Waals surface area contributed by atoms with E-state index in [1.165, 1.54) is 35.1 Å². The highest BCUT2D eigenvalue weighted by Crippen LogP contribution is 2.40. The molecule has 0 saturated heterocycles. The Balaban J connectivity index is 1.87. The molecule has 0 radical (unpaired) electrons. The van der Waals surface area contributed by atoms with Crippen molar-refractivity contribution < 1.29 is 9.53 Å². The molecule has 0 aliphatic heterocycles. The zero-order chi connectivity index (χ0) is 21.8. The van der Waals surface area contributed by atoms with Gasteiger partial charge in [0.2, 0.25) is 0 Å². The van der Waals surface area contributed by atoms with Gasteiger partial charge in [-0.25, -0.2) is 4.79 Å². The van der Waals surface area contributed by atoms with E-state index < -0.39 is 0 Å². The molecule has 2 N–H and O–H groups in total. The minimum absolute atomic E-state index is 0.0295. The van der Waals surface area contributed by atoms with Crippen molar-refractivity contribution in [2.75, 3.05) is 12.4 Å². The smallest absolute Gasteiger partial charge is 0.341 e. The van der Waals surface area contributed by atoms with E-state index in [9.17, 15) is 4.79 Å². The van der Waals surface area contributed by atoms with Crippen LogP contribution >= 0.6 is 23.6 Å². The fourth-order valence-corrected chi connectivity index (χ4v) is 5.02. The van der Waals surface area contributed by atoms with Crippen LogP contribution in [0, 0.1) is 20.8 Å². The molecule has 0 aliphatic carbocycles. The van der Waals surface area contributed by atoms with Crippen LogP contribution in [0.4, 0.5) is 5.00 Å². The number of thiophene rings is 1. The zero-order valence-corrected chi connectivity index (χ0v) is 19.5. The number of rotatable bonds is 5. The molecular weight excluding hydrogens is 412 g/mol. The summed E-state index contributed by atoms with van der Waals surface area (Å²) in [5.74, 6) is -0.383. The van der Waals surface area contributed by atoms with Crippen molar-refractivity contribution in [3.63, 3.8) is 0 Å². The van der Waals surface area contributed by atoms with Crippen LogP contribution in [0.1, 0.15) is 44.9 Å². The number of thiocarbonyl (C=S) groups is 1. The molecular formula is C24H26N2O2S2. The Hall–Kier alpha value is -2.70. The predicted molar refractivity (Wildman–Crippen MR) is 130 cm³/mol. The van der Waals surface area contributed by atoms with E-state index in [1.54, 1.807) is 0 Å². The number of nitrogens with one attached hydrogen (secondary N) is 2. The first-order valence-electron chi connectivity index (χ1n) is 9.73. The van der Waals surface area contributed by atoms with Crippen LogP contribution in [0.2, 0.25) is 0 Å². The number of hydrogen-bond acceptors (Lipinski definition) is 4. The quantitative estimate of drug-likeness (QED) is 0.368. The Bertz CT molecular complexity index is 1070. The number of carbonyl (C=O) groups excluding carboxylic acids is 1. The van der Waals surface area contributed by atoms with Crippen LogP contribution in [0.25, 0.3) is 11.1 Å². The predicted octanol–water partition coefficient (Wildman–Crippen LogP) is 6.17. The van der Waals surface area contributed by atoms with Gasteiger partial charge in [0.1, 0.15) is 10.6 Å². The van der Waals surface area contributed by atoms with Crippen LogP contribution in [0.5, 0.6) is 0 Å². The molecule has 2 aromatic carbocycles. The first-order valence-corrected chi connectivity index (χ1v) is 11.0. The zero-order valence-electron chi connectivity index (χ0n) is 17.8. The van der Waals surface area contributed by atoms with E-state index in [2.05, 4.69) is 49.6 Å². The molecule has 4 nitrogen and oxygen atoms in total. The molecule has 156 valence electrons. The largest absolute Gasteiger partial charge is 0.465 e. The average Bonchev–Trinajstić information content (AvgIpc) is 3.03. The number of carbonyl (C=O) groups is 1. The Morgan fingerprint density at radius 3 is 2.43 bits per heavy atom. The van der Waals surface area contributed by atoms with Crippen LogP contribution in [0.3, 0.4) is 0 Å². The molecule has 3 aromatic rings. The Morgan fingerprint density at radius 2 is 1.80 bits per heavy atom. The molecule has 0 bridgehead atoms. The third kappa shape index (κ3) is 4.71. The molecule has 1 unspecified atom stereocenters. The standard InChI is InChI=1S/C24H26N2O2S2/c1-14-11-12-19(15(2)13-14)16(3)25-24(29)26-22-21(23(27)28-5)20(17(4)30-22)18-9-7-6-8-10-18/h6-13,16H,1-5H3,(H2,25,26,29). The third-order valence-electron chi connectivity index (χ3n) is 5.00. The van der Waals surface area contributed by atoms with Crippen molar-refractivity contribution in [3.8, 4) is 11.1 Å². The Morgan fingerprint density at radius 1 is 1.10 bits per heavy atom. The summed E-state index contributed by atoms with van der Waals surface area (Å²) in [6.07, 6.45) is 0. The van der Waals surface area contributed by atoms with Gasteiger partial charge in [0, 0.05) is 10.4 Å². The summed E-state index contributed by atoms with van der Waals surface area (Å²) in [4.78, 5) is 13.6. The molecule has 0 spiro atoms. The van der Waals surface area contributed by atoms with Gasteiger partial charge in [-0.2, -0.15) is 0 Å². The summed E-state index contributed by atoms with van der Waals surface area (Å²) in [5.41, 5.74) is 5.99. The minimum Gasteiger partial charge on any atom is -0.465 e. The fraction of sp³-hybridized carbons (Fsp3) is 0.250. The van der Waals surface area contributed by atoms with Gasteiger partial charge in [-0.1, -0.05) is 54.1 Å². The van der Waals surface area contributed by atoms with Crippen molar-refractivity contribution in [1.29, 1.82) is 0 Å². The highest BCUT2D eigenvalue weighted by atomic mass is 32.1. The summed E-state index contributed by atoms with van der Waals surface area (Å²) in [5, 5.41) is 7.71. The number of esters is 1. The van der Waals surface area contributed by atoms with Gasteiger partial charge in [0.15, 0.2) is 5.11 Å². The molecule has 1 aromatic heterocycles. The van der Waals surface area contributed by atoms with E-state index in [0.29, 0.717) is 15.7 Å². The number of benzene rings is 2. The maximum Gasteiger partial charge on any atom is 0.341 e. The summed E-state index contributed by atoms with van der Waals surface area (Å²) < 4.78 is 5.08. The van der Waals surface area contributed by atoms with Crippen molar-refractivity contribution in [2.24, 2.45) is 0 Å². The van der Waals surface area contributed by atoms with Gasteiger partial charge in [-0.05, 0) is 56.6 Å². The van der Waals surface area contributed by atoms with Crippen molar-refractivity contribution in [2.45, 2.75) is 33.7 Å². The van der Waals surface area contributed by atoms with Crippen molar-refractivity contribution in [1.82, 2.24) is 5.32 Å². The van der Waals surface area contributed by atoms with E-state index in [0.717, 1.165) is 16.0 Å². The van der Waals surface area contributed by atoms with Crippen molar-refractivity contribution >= 4 is 39.6 Å². The number of ether oxygens (including phenoxy) is 1. The minimum atomic E-state index is -0.383. The lowest BCUT2D eigenvalue weighted by atomic mass is 10.0. The van der Waals surface area contributed by atoms with Crippen molar-refractivity contribution in [3.05, 3.63) is 75.7 Å². The van der Waals surface area contributed by atoms with Crippen LogP contribution in [-0.2, 0) is 4.74 Å². The lowest BCUT2D eigenvalue weighted by molar-refractivity contribution is 0.0603. The number of methoxy groups -OCH3 is 1. The van der Waals surface area contributed by atoms with E-state index in [-0.39, 0.29) is 12.0 Å². The van der Waals surface area contributed by atoms with Gasteiger partial charge in [0.25, 0.3) is 0 Å². The number of anilines is 1. The lowest BCUT2D eigenvalue weighted by Crippen LogP contribution is -2.31. The summed E-state index contributed by atoms with van der Waals surface area (Å²) >= 11 is 7.06. The first kappa shape index (κ1) is 22.0. The summed E-state index contributed by atoms with van der Waals surface area (Å²) in [7, 11) is 1.40. The molecule has 6 heteroatoms. The Labute approximate surface area is 187 Å². The average molecular weight is 439 g/mol. The van der Waals surface area contributed by atoms with E-state index >= 15 is 0 Å². The van der Waals surface area contributed by atoms with Gasteiger partial charge in [0.05, 0.1) is 13.2 Å². The molecule has 0 aliphatic rings. The highest BCUT2D eigenvalue weighted by Gasteiger charge is 2.24. The van der Waals surface area contributed by atoms with Crippen LogP contribution in [0.15, 0.2) is 48.5 Å². The third-order valence-corrected chi connectivity index (χ3v) is 6.24. The summed E-state index contributed by atoms with van der Waals surface area (Å²) in [6.45, 7) is 8.25. The Kier molecular flexibility index (Phi) is 6.90. The highest BCUT2D eigenvalue weighted by molar-refractivity contribution is 7.80. The topological polar surface area (TPSA) is 50.4 Å². The first-order chi connectivity index (χ1) is 14.3. The molecule has 0 fully saturated rings. The second-order valence-electron chi connectivity index (χ2n) is 7.28. The van der Waals surface area contributed by atoms with Crippen LogP contribution < -0.4 is 10.6 Å². The molecule has 0 saturated carbocycles. The van der Waals surface area contributed by atoms with Gasteiger partial charge in [-0.15, -0.1) is 11.3 Å². The van der Waals surface area contributed by atoms with E-state index in [1.807, 2.05) is 37.3 Å². The van der Waals surface area contributed by atoms with Gasteiger partial charge in [-0.3, -0.25) is 0 Å². The van der Waals surface area contributed by atoms with Crippen LogP contribution in [-0.4, -0.2) is 18.2 Å². The molecule has 3 rings (SSSR count).